The minimum absolute atomic E-state index is 0.187. The average molecular weight is 203 g/mol. The highest BCUT2D eigenvalue weighted by Gasteiger charge is 2.21. The van der Waals surface area contributed by atoms with E-state index in [1.807, 2.05) is 6.92 Å². The first-order valence-corrected chi connectivity index (χ1v) is 6.15. The number of terminal acetylenes is 1. The molecule has 0 aromatic heterocycles. The molecule has 2 unspecified atom stereocenters. The van der Waals surface area contributed by atoms with Crippen LogP contribution >= 0.6 is 7.52 Å². The van der Waals surface area contributed by atoms with Gasteiger partial charge in [0, 0.05) is 18.8 Å². The van der Waals surface area contributed by atoms with Gasteiger partial charge in [-0.25, -0.2) is 5.09 Å². The summed E-state index contributed by atoms with van der Waals surface area (Å²) in [5, 5.41) is 2.88. The highest BCUT2D eigenvalue weighted by molar-refractivity contribution is 7.62. The SMILES string of the molecule is C#CP(=O)(NC(CC)CCC)OC. The van der Waals surface area contributed by atoms with E-state index in [1.54, 1.807) is 0 Å². The van der Waals surface area contributed by atoms with E-state index < -0.39 is 7.52 Å². The Morgan fingerprint density at radius 3 is 2.54 bits per heavy atom. The second-order valence-electron chi connectivity index (χ2n) is 2.89. The largest absolute Gasteiger partial charge is 0.342 e. The molecular weight excluding hydrogens is 185 g/mol. The molecule has 0 radical (unpaired) electrons. The van der Waals surface area contributed by atoms with Crippen molar-refractivity contribution in [1.29, 1.82) is 0 Å². The lowest BCUT2D eigenvalue weighted by atomic mass is 10.1. The number of hydrogen-bond acceptors (Lipinski definition) is 2. The van der Waals surface area contributed by atoms with Gasteiger partial charge < -0.3 is 4.52 Å². The van der Waals surface area contributed by atoms with E-state index >= 15 is 0 Å². The Morgan fingerprint density at radius 1 is 1.62 bits per heavy atom. The summed E-state index contributed by atoms with van der Waals surface area (Å²) < 4.78 is 16.4. The average Bonchev–Trinajstić information content (AvgIpc) is 2.17. The Balaban J connectivity index is 4.22. The van der Waals surface area contributed by atoms with Gasteiger partial charge in [0.25, 0.3) is 0 Å². The second kappa shape index (κ2) is 6.21. The highest BCUT2D eigenvalue weighted by atomic mass is 31.2. The summed E-state index contributed by atoms with van der Waals surface area (Å²) in [5.74, 6) is 0. The summed E-state index contributed by atoms with van der Waals surface area (Å²) in [5.41, 5.74) is 2.17. The molecule has 0 bridgehead atoms. The van der Waals surface area contributed by atoms with Crippen molar-refractivity contribution in [2.75, 3.05) is 7.11 Å². The van der Waals surface area contributed by atoms with Crippen molar-refractivity contribution in [2.45, 2.75) is 39.2 Å². The van der Waals surface area contributed by atoms with Gasteiger partial charge in [0.05, 0.1) is 0 Å². The number of hydrogen-bond donors (Lipinski definition) is 1. The van der Waals surface area contributed by atoms with Gasteiger partial charge in [-0.3, -0.25) is 4.57 Å². The fraction of sp³-hybridized carbons (Fsp3) is 0.778. The number of nitrogens with one attached hydrogen (secondary N) is 1. The summed E-state index contributed by atoms with van der Waals surface area (Å²) in [6.07, 6.45) is 8.03. The van der Waals surface area contributed by atoms with Gasteiger partial charge in [0.1, 0.15) is 0 Å². The van der Waals surface area contributed by atoms with Crippen LogP contribution in [-0.4, -0.2) is 13.2 Å². The standard InChI is InChI=1S/C9H18NO2P/c1-5-8-9(6-2)10-13(11,7-3)12-4/h3,9H,5-6,8H2,1-2,4H3,(H,10,11). The van der Waals surface area contributed by atoms with Crippen molar-refractivity contribution in [3.05, 3.63) is 0 Å². The zero-order chi connectivity index (χ0) is 10.3. The van der Waals surface area contributed by atoms with Crippen LogP contribution in [-0.2, 0) is 9.09 Å². The van der Waals surface area contributed by atoms with Crippen molar-refractivity contribution in [2.24, 2.45) is 0 Å². The smallest absolute Gasteiger partial charge is 0.312 e. The van der Waals surface area contributed by atoms with Crippen molar-refractivity contribution < 1.29 is 9.09 Å². The monoisotopic (exact) mass is 203 g/mol. The molecule has 0 rings (SSSR count). The first-order valence-electron chi connectivity index (χ1n) is 4.53. The summed E-state index contributed by atoms with van der Waals surface area (Å²) >= 11 is 0. The van der Waals surface area contributed by atoms with Crippen molar-refractivity contribution in [3.8, 4) is 12.1 Å². The third-order valence-corrected chi connectivity index (χ3v) is 3.47. The summed E-state index contributed by atoms with van der Waals surface area (Å²) in [6, 6.07) is 0.187. The molecule has 2 atom stereocenters. The van der Waals surface area contributed by atoms with Gasteiger partial charge in [-0.2, -0.15) is 0 Å². The van der Waals surface area contributed by atoms with Gasteiger partial charge >= 0.3 is 7.52 Å². The molecular formula is C9H18NO2P. The Hall–Kier alpha value is -0.290. The van der Waals surface area contributed by atoms with Crippen LogP contribution in [0.4, 0.5) is 0 Å². The molecule has 0 heterocycles. The maximum absolute atomic E-state index is 11.6. The van der Waals surface area contributed by atoms with Gasteiger partial charge in [0.15, 0.2) is 0 Å². The first-order chi connectivity index (χ1) is 6.11. The van der Waals surface area contributed by atoms with Crippen LogP contribution in [0, 0.1) is 12.1 Å². The fourth-order valence-electron chi connectivity index (χ4n) is 1.09. The van der Waals surface area contributed by atoms with Gasteiger partial charge in [0.2, 0.25) is 0 Å². The number of rotatable bonds is 6. The highest BCUT2D eigenvalue weighted by Crippen LogP contribution is 2.40. The lowest BCUT2D eigenvalue weighted by Crippen LogP contribution is -2.25. The molecule has 0 aliphatic heterocycles. The predicted octanol–water partition coefficient (Wildman–Crippen LogP) is 2.58. The minimum Gasteiger partial charge on any atom is -0.312 e. The Labute approximate surface area is 80.8 Å². The maximum Gasteiger partial charge on any atom is 0.342 e. The van der Waals surface area contributed by atoms with E-state index in [9.17, 15) is 4.57 Å². The van der Waals surface area contributed by atoms with E-state index in [0.717, 1.165) is 19.3 Å². The van der Waals surface area contributed by atoms with Crippen LogP contribution < -0.4 is 5.09 Å². The molecule has 0 spiro atoms. The molecule has 0 aromatic carbocycles. The molecule has 13 heavy (non-hydrogen) atoms. The Morgan fingerprint density at radius 2 is 2.23 bits per heavy atom. The van der Waals surface area contributed by atoms with Gasteiger partial charge in [-0.15, -0.1) is 6.42 Å². The van der Waals surface area contributed by atoms with Crippen LogP contribution in [0.5, 0.6) is 0 Å². The van der Waals surface area contributed by atoms with Gasteiger partial charge in [-0.05, 0) is 12.8 Å². The molecule has 76 valence electrons. The lowest BCUT2D eigenvalue weighted by molar-refractivity contribution is 0.379. The van der Waals surface area contributed by atoms with E-state index in [1.165, 1.54) is 7.11 Å². The predicted molar refractivity (Wildman–Crippen MR) is 55.6 cm³/mol. The molecule has 0 aromatic rings. The molecule has 0 aliphatic rings. The molecule has 4 heteroatoms. The lowest BCUT2D eigenvalue weighted by Gasteiger charge is -2.19. The minimum atomic E-state index is -3.01. The van der Waals surface area contributed by atoms with E-state index in [2.05, 4.69) is 17.7 Å². The molecule has 0 aliphatic carbocycles. The first kappa shape index (κ1) is 12.7. The van der Waals surface area contributed by atoms with E-state index in [4.69, 9.17) is 10.9 Å². The summed E-state index contributed by atoms with van der Waals surface area (Å²) in [6.45, 7) is 4.11. The van der Waals surface area contributed by atoms with Crippen LogP contribution in [0.15, 0.2) is 0 Å². The van der Waals surface area contributed by atoms with Gasteiger partial charge in [-0.1, -0.05) is 20.3 Å². The van der Waals surface area contributed by atoms with Crippen molar-refractivity contribution in [3.63, 3.8) is 0 Å². The van der Waals surface area contributed by atoms with Crippen LogP contribution in [0.25, 0.3) is 0 Å². The van der Waals surface area contributed by atoms with Crippen molar-refractivity contribution in [1.82, 2.24) is 5.09 Å². The van der Waals surface area contributed by atoms with E-state index in [-0.39, 0.29) is 6.04 Å². The fourth-order valence-corrected chi connectivity index (χ4v) is 2.17. The van der Waals surface area contributed by atoms with Crippen LogP contribution in [0.2, 0.25) is 0 Å². The molecule has 0 saturated heterocycles. The zero-order valence-corrected chi connectivity index (χ0v) is 9.43. The summed E-state index contributed by atoms with van der Waals surface area (Å²) in [4.78, 5) is 0. The molecule has 0 fully saturated rings. The topological polar surface area (TPSA) is 38.3 Å². The van der Waals surface area contributed by atoms with Crippen LogP contribution in [0.3, 0.4) is 0 Å². The third kappa shape index (κ3) is 4.47. The molecule has 3 nitrogen and oxygen atoms in total. The zero-order valence-electron chi connectivity index (χ0n) is 8.54. The normalized spacial score (nSPS) is 17.4. The quantitative estimate of drug-likeness (QED) is 0.532. The molecule has 0 amide bonds. The summed E-state index contributed by atoms with van der Waals surface area (Å²) in [7, 11) is -1.64. The molecule has 1 N–H and O–H groups in total. The Bertz CT molecular complexity index is 222. The Kier molecular flexibility index (Phi) is 6.07. The maximum atomic E-state index is 11.6. The molecule has 0 saturated carbocycles. The van der Waals surface area contributed by atoms with Crippen LogP contribution in [0.1, 0.15) is 33.1 Å². The van der Waals surface area contributed by atoms with Crippen molar-refractivity contribution >= 4 is 7.52 Å². The van der Waals surface area contributed by atoms with E-state index in [0.29, 0.717) is 0 Å². The third-order valence-electron chi connectivity index (χ3n) is 1.91. The second-order valence-corrected chi connectivity index (χ2v) is 4.87.